The molecule has 0 bridgehead atoms. The summed E-state index contributed by atoms with van der Waals surface area (Å²) < 4.78 is 10.9. The Balaban J connectivity index is 1.86. The summed E-state index contributed by atoms with van der Waals surface area (Å²) in [6.45, 7) is 4.44. The molecule has 0 radical (unpaired) electrons. The monoisotopic (exact) mass is 372 g/mol. The Morgan fingerprint density at radius 2 is 1.89 bits per heavy atom. The van der Waals surface area contributed by atoms with E-state index in [4.69, 9.17) is 9.47 Å². The lowest BCUT2D eigenvalue weighted by Crippen LogP contribution is -2.49. The molecule has 2 aromatic rings. The summed E-state index contributed by atoms with van der Waals surface area (Å²) in [5, 5.41) is 9.96. The highest BCUT2D eigenvalue weighted by atomic mass is 16.5. The Bertz CT molecular complexity index is 792. The Morgan fingerprint density at radius 3 is 2.44 bits per heavy atom. The van der Waals surface area contributed by atoms with Crippen molar-refractivity contribution in [3.05, 3.63) is 41.9 Å². The number of methoxy groups -OCH3 is 2. The highest BCUT2D eigenvalue weighted by molar-refractivity contribution is 5.77. The van der Waals surface area contributed by atoms with Crippen LogP contribution in [0.1, 0.15) is 17.2 Å². The molecule has 2 heterocycles. The Morgan fingerprint density at radius 1 is 1.15 bits per heavy atom. The van der Waals surface area contributed by atoms with Gasteiger partial charge in [-0.25, -0.2) is 4.98 Å². The van der Waals surface area contributed by atoms with Gasteiger partial charge in [0.25, 0.3) is 0 Å². The van der Waals surface area contributed by atoms with Crippen molar-refractivity contribution in [1.29, 1.82) is 0 Å². The first-order valence-electron chi connectivity index (χ1n) is 8.75. The molecule has 0 aliphatic carbocycles. The van der Waals surface area contributed by atoms with E-state index < -0.39 is 12.0 Å². The number of carboxylic acids is 1. The van der Waals surface area contributed by atoms with E-state index in [1.807, 2.05) is 24.0 Å². The van der Waals surface area contributed by atoms with E-state index in [-0.39, 0.29) is 0 Å². The first-order chi connectivity index (χ1) is 13.0. The Kier molecular flexibility index (Phi) is 5.75. The second kappa shape index (κ2) is 8.22. The standard InChI is InChI=1S/C19H24N4O4/c1-13-10-14(18(27-3)15(11-13)26-2)17(19(24)25)23-8-6-22(7-9-23)16-12-20-4-5-21-16/h4-5,10-12,17H,6-9H2,1-3H3,(H,24,25)/t17-/m1/s1. The van der Waals surface area contributed by atoms with Crippen molar-refractivity contribution >= 4 is 11.8 Å². The van der Waals surface area contributed by atoms with Gasteiger partial charge in [0.15, 0.2) is 11.5 Å². The predicted octanol–water partition coefficient (Wildman–Crippen LogP) is 1.75. The summed E-state index contributed by atoms with van der Waals surface area (Å²) >= 11 is 0. The maximum atomic E-state index is 12.2. The molecule has 8 nitrogen and oxygen atoms in total. The summed E-state index contributed by atoms with van der Waals surface area (Å²) in [5.74, 6) is 0.900. The maximum Gasteiger partial charge on any atom is 0.325 e. The normalized spacial score (nSPS) is 16.0. The number of hydrogen-bond donors (Lipinski definition) is 1. The molecule has 1 aromatic heterocycles. The Labute approximate surface area is 158 Å². The number of carbonyl (C=O) groups is 1. The molecule has 1 aromatic carbocycles. The third-order valence-corrected chi connectivity index (χ3v) is 4.73. The molecule has 0 spiro atoms. The molecule has 0 unspecified atom stereocenters. The number of benzene rings is 1. The van der Waals surface area contributed by atoms with Gasteiger partial charge in [-0.05, 0) is 24.6 Å². The lowest BCUT2D eigenvalue weighted by Gasteiger charge is -2.38. The fourth-order valence-electron chi connectivity index (χ4n) is 3.49. The number of piperazine rings is 1. The van der Waals surface area contributed by atoms with Crippen molar-refractivity contribution in [3.8, 4) is 11.5 Å². The molecule has 0 amide bonds. The second-order valence-electron chi connectivity index (χ2n) is 6.42. The van der Waals surface area contributed by atoms with Crippen LogP contribution in [-0.4, -0.2) is 66.3 Å². The molecule has 1 aliphatic heterocycles. The van der Waals surface area contributed by atoms with Crippen LogP contribution >= 0.6 is 0 Å². The van der Waals surface area contributed by atoms with Crippen molar-refractivity contribution in [2.45, 2.75) is 13.0 Å². The zero-order chi connectivity index (χ0) is 19.4. The molecule has 1 saturated heterocycles. The quantitative estimate of drug-likeness (QED) is 0.821. The van der Waals surface area contributed by atoms with Crippen LogP contribution in [0, 0.1) is 6.92 Å². The Hall–Kier alpha value is -2.87. The van der Waals surface area contributed by atoms with E-state index in [2.05, 4.69) is 14.9 Å². The fraction of sp³-hybridized carbons (Fsp3) is 0.421. The van der Waals surface area contributed by atoms with Crippen molar-refractivity contribution in [1.82, 2.24) is 14.9 Å². The average Bonchev–Trinajstić information content (AvgIpc) is 2.68. The minimum absolute atomic E-state index is 0.465. The molecule has 1 N–H and O–H groups in total. The second-order valence-corrected chi connectivity index (χ2v) is 6.42. The summed E-state index contributed by atoms with van der Waals surface area (Å²) in [6, 6.07) is 2.89. The first kappa shape index (κ1) is 18.9. The van der Waals surface area contributed by atoms with Gasteiger partial charge in [-0.2, -0.15) is 0 Å². The third-order valence-electron chi connectivity index (χ3n) is 4.73. The van der Waals surface area contributed by atoms with Gasteiger partial charge in [0.2, 0.25) is 0 Å². The number of aryl methyl sites for hydroxylation is 1. The third kappa shape index (κ3) is 3.95. The predicted molar refractivity (Wildman–Crippen MR) is 100 cm³/mol. The van der Waals surface area contributed by atoms with Crippen LogP contribution in [0.15, 0.2) is 30.7 Å². The van der Waals surface area contributed by atoms with Gasteiger partial charge < -0.3 is 19.5 Å². The topological polar surface area (TPSA) is 88.0 Å². The van der Waals surface area contributed by atoms with Gasteiger partial charge in [-0.15, -0.1) is 0 Å². The van der Waals surface area contributed by atoms with E-state index in [0.29, 0.717) is 43.2 Å². The molecular weight excluding hydrogens is 348 g/mol. The van der Waals surface area contributed by atoms with E-state index in [0.717, 1.165) is 11.4 Å². The van der Waals surface area contributed by atoms with Crippen molar-refractivity contribution < 1.29 is 19.4 Å². The maximum absolute atomic E-state index is 12.2. The van der Waals surface area contributed by atoms with Crippen LogP contribution in [0.5, 0.6) is 11.5 Å². The largest absolute Gasteiger partial charge is 0.493 e. The van der Waals surface area contributed by atoms with Gasteiger partial charge >= 0.3 is 5.97 Å². The average molecular weight is 372 g/mol. The molecule has 3 rings (SSSR count). The number of anilines is 1. The minimum Gasteiger partial charge on any atom is -0.493 e. The van der Waals surface area contributed by atoms with Crippen molar-refractivity contribution in [2.75, 3.05) is 45.3 Å². The number of nitrogens with zero attached hydrogens (tertiary/aromatic N) is 4. The number of aromatic nitrogens is 2. The molecular formula is C19H24N4O4. The van der Waals surface area contributed by atoms with Gasteiger partial charge in [0.05, 0.1) is 20.4 Å². The van der Waals surface area contributed by atoms with Gasteiger partial charge in [0.1, 0.15) is 11.9 Å². The molecule has 27 heavy (non-hydrogen) atoms. The van der Waals surface area contributed by atoms with Crippen molar-refractivity contribution in [3.63, 3.8) is 0 Å². The fourth-order valence-corrected chi connectivity index (χ4v) is 3.49. The summed E-state index contributed by atoms with van der Waals surface area (Å²) in [6.07, 6.45) is 5.02. The molecule has 1 atom stereocenters. The van der Waals surface area contributed by atoms with Crippen LogP contribution in [0.25, 0.3) is 0 Å². The number of hydrogen-bond acceptors (Lipinski definition) is 7. The van der Waals surface area contributed by atoms with Gasteiger partial charge in [0, 0.05) is 44.1 Å². The molecule has 1 fully saturated rings. The number of aliphatic carboxylic acids is 1. The summed E-state index contributed by atoms with van der Waals surface area (Å²) in [4.78, 5) is 24.6. The zero-order valence-electron chi connectivity index (χ0n) is 15.8. The molecule has 1 aliphatic rings. The van der Waals surface area contributed by atoms with Gasteiger partial charge in [-0.1, -0.05) is 0 Å². The smallest absolute Gasteiger partial charge is 0.325 e. The van der Waals surface area contributed by atoms with E-state index in [1.165, 1.54) is 7.11 Å². The summed E-state index contributed by atoms with van der Waals surface area (Å²) in [7, 11) is 3.08. The highest BCUT2D eigenvalue weighted by Gasteiger charge is 2.34. The number of ether oxygens (including phenoxy) is 2. The summed E-state index contributed by atoms with van der Waals surface area (Å²) in [5.41, 5.74) is 1.53. The van der Waals surface area contributed by atoms with Crippen LogP contribution in [-0.2, 0) is 4.79 Å². The van der Waals surface area contributed by atoms with E-state index in [9.17, 15) is 9.90 Å². The SMILES string of the molecule is COc1cc(C)cc([C@H](C(=O)O)N2CCN(c3cnccn3)CC2)c1OC. The lowest BCUT2D eigenvalue weighted by atomic mass is 10.00. The molecule has 8 heteroatoms. The number of carboxylic acid groups (broad SMARTS) is 1. The van der Waals surface area contributed by atoms with Crippen molar-refractivity contribution in [2.24, 2.45) is 0 Å². The van der Waals surface area contributed by atoms with Crippen LogP contribution < -0.4 is 14.4 Å². The van der Waals surface area contributed by atoms with Crippen LogP contribution in [0.2, 0.25) is 0 Å². The number of rotatable bonds is 6. The molecule has 0 saturated carbocycles. The minimum atomic E-state index is -0.908. The van der Waals surface area contributed by atoms with Gasteiger partial charge in [-0.3, -0.25) is 14.7 Å². The van der Waals surface area contributed by atoms with Crippen LogP contribution in [0.3, 0.4) is 0 Å². The first-order valence-corrected chi connectivity index (χ1v) is 8.75. The zero-order valence-corrected chi connectivity index (χ0v) is 15.8. The highest BCUT2D eigenvalue weighted by Crippen LogP contribution is 2.38. The lowest BCUT2D eigenvalue weighted by molar-refractivity contribution is -0.143. The van der Waals surface area contributed by atoms with E-state index >= 15 is 0 Å². The van der Waals surface area contributed by atoms with E-state index in [1.54, 1.807) is 25.7 Å². The molecule has 144 valence electrons. The van der Waals surface area contributed by atoms with Crippen LogP contribution in [0.4, 0.5) is 5.82 Å².